The van der Waals surface area contributed by atoms with Crippen molar-refractivity contribution < 1.29 is 4.79 Å². The standard InChI is InChI=1S/C18H27ClN4O/c1-20-11-13-10-15(13)12-6-8-23(9-7-12)16-5-4-14(17(19)21-16)18(24)22(2)3/h4-5,12-13,15,20H,6-11H2,1-3H3/t13-,15+/m0/s1. The number of anilines is 1. The predicted octanol–water partition coefficient (Wildman–Crippen LogP) is 2.51. The minimum Gasteiger partial charge on any atom is -0.357 e. The van der Waals surface area contributed by atoms with Gasteiger partial charge in [-0.2, -0.15) is 0 Å². The fourth-order valence-corrected chi connectivity index (χ4v) is 4.13. The second-order valence-electron chi connectivity index (χ2n) is 7.25. The highest BCUT2D eigenvalue weighted by Crippen LogP contribution is 2.47. The first-order chi connectivity index (χ1) is 11.5. The number of aromatic nitrogens is 1. The topological polar surface area (TPSA) is 48.5 Å². The zero-order chi connectivity index (χ0) is 17.3. The number of piperidine rings is 1. The van der Waals surface area contributed by atoms with Crippen LogP contribution in [-0.2, 0) is 0 Å². The van der Waals surface area contributed by atoms with Crippen LogP contribution in [0.5, 0.6) is 0 Å². The smallest absolute Gasteiger partial charge is 0.256 e. The Bertz CT molecular complexity index is 599. The van der Waals surface area contributed by atoms with E-state index < -0.39 is 0 Å². The molecule has 2 aliphatic rings. The maximum Gasteiger partial charge on any atom is 0.256 e. The molecule has 3 rings (SSSR count). The normalized spacial score (nSPS) is 24.1. The van der Waals surface area contributed by atoms with E-state index in [1.54, 1.807) is 20.2 Å². The third kappa shape index (κ3) is 3.67. The number of hydrogen-bond donors (Lipinski definition) is 1. The lowest BCUT2D eigenvalue weighted by Gasteiger charge is -2.33. The van der Waals surface area contributed by atoms with Crippen molar-refractivity contribution in [3.05, 3.63) is 22.8 Å². The zero-order valence-electron chi connectivity index (χ0n) is 14.8. The van der Waals surface area contributed by atoms with Crippen molar-refractivity contribution in [1.82, 2.24) is 15.2 Å². The maximum atomic E-state index is 12.0. The van der Waals surface area contributed by atoms with Gasteiger partial charge in [0.05, 0.1) is 5.56 Å². The molecule has 1 saturated carbocycles. The molecule has 0 unspecified atom stereocenters. The monoisotopic (exact) mass is 350 g/mol. The molecule has 6 heteroatoms. The Morgan fingerprint density at radius 1 is 1.38 bits per heavy atom. The Morgan fingerprint density at radius 2 is 2.08 bits per heavy atom. The van der Waals surface area contributed by atoms with Crippen molar-refractivity contribution in [3.8, 4) is 0 Å². The fourth-order valence-electron chi connectivity index (χ4n) is 3.90. The lowest BCUT2D eigenvalue weighted by Crippen LogP contribution is -2.35. The lowest BCUT2D eigenvalue weighted by atomic mass is 9.91. The average Bonchev–Trinajstić information content (AvgIpc) is 3.34. The summed E-state index contributed by atoms with van der Waals surface area (Å²) in [4.78, 5) is 20.3. The van der Waals surface area contributed by atoms with Crippen LogP contribution in [0.4, 0.5) is 5.82 Å². The lowest BCUT2D eigenvalue weighted by molar-refractivity contribution is 0.0827. The molecule has 2 atom stereocenters. The quantitative estimate of drug-likeness (QED) is 0.829. The van der Waals surface area contributed by atoms with Gasteiger partial charge in [-0.15, -0.1) is 0 Å². The number of amides is 1. The van der Waals surface area contributed by atoms with E-state index >= 15 is 0 Å². The number of nitrogens with zero attached hydrogens (tertiary/aromatic N) is 3. The predicted molar refractivity (Wildman–Crippen MR) is 97.7 cm³/mol. The first-order valence-corrected chi connectivity index (χ1v) is 9.16. The van der Waals surface area contributed by atoms with Gasteiger partial charge in [-0.25, -0.2) is 4.98 Å². The first kappa shape index (κ1) is 17.5. The molecule has 1 aromatic heterocycles. The van der Waals surface area contributed by atoms with Crippen molar-refractivity contribution in [2.24, 2.45) is 17.8 Å². The van der Waals surface area contributed by atoms with Gasteiger partial charge in [0.15, 0.2) is 0 Å². The Kier molecular flexibility index (Phi) is 5.30. The molecule has 1 aromatic rings. The summed E-state index contributed by atoms with van der Waals surface area (Å²) < 4.78 is 0. The van der Waals surface area contributed by atoms with Crippen LogP contribution in [0.1, 0.15) is 29.6 Å². The van der Waals surface area contributed by atoms with Crippen LogP contribution < -0.4 is 10.2 Å². The number of hydrogen-bond acceptors (Lipinski definition) is 4. The molecule has 24 heavy (non-hydrogen) atoms. The van der Waals surface area contributed by atoms with Gasteiger partial charge in [0.25, 0.3) is 5.91 Å². The summed E-state index contributed by atoms with van der Waals surface area (Å²) in [6, 6.07) is 3.72. The second-order valence-corrected chi connectivity index (χ2v) is 7.61. The molecule has 0 spiro atoms. The molecule has 1 saturated heterocycles. The number of rotatable bonds is 5. The van der Waals surface area contributed by atoms with E-state index in [9.17, 15) is 4.79 Å². The van der Waals surface area contributed by atoms with Crippen molar-refractivity contribution >= 4 is 23.3 Å². The van der Waals surface area contributed by atoms with Gasteiger partial charge >= 0.3 is 0 Å². The van der Waals surface area contributed by atoms with E-state index in [1.807, 2.05) is 13.1 Å². The van der Waals surface area contributed by atoms with Crippen molar-refractivity contribution in [2.75, 3.05) is 45.7 Å². The van der Waals surface area contributed by atoms with E-state index in [0.717, 1.165) is 43.2 Å². The highest BCUT2D eigenvalue weighted by atomic mass is 35.5. The van der Waals surface area contributed by atoms with Gasteiger partial charge in [-0.05, 0) is 62.7 Å². The van der Waals surface area contributed by atoms with Gasteiger partial charge in [0.2, 0.25) is 0 Å². The third-order valence-corrected chi connectivity index (χ3v) is 5.67. The third-order valence-electron chi connectivity index (χ3n) is 5.38. The second kappa shape index (κ2) is 7.28. The van der Waals surface area contributed by atoms with E-state index in [4.69, 9.17) is 11.6 Å². The fraction of sp³-hybridized carbons (Fsp3) is 0.667. The number of nitrogens with one attached hydrogen (secondary N) is 1. The number of carbonyl (C=O) groups is 1. The highest BCUT2D eigenvalue weighted by Gasteiger charge is 2.42. The number of carbonyl (C=O) groups excluding carboxylic acids is 1. The van der Waals surface area contributed by atoms with Crippen LogP contribution in [-0.4, -0.2) is 56.6 Å². The molecular weight excluding hydrogens is 324 g/mol. The Balaban J connectivity index is 1.59. The summed E-state index contributed by atoms with van der Waals surface area (Å²) >= 11 is 6.24. The number of halogens is 1. The molecule has 5 nitrogen and oxygen atoms in total. The largest absolute Gasteiger partial charge is 0.357 e. The Labute approximate surface area is 149 Å². The molecule has 0 bridgehead atoms. The SMILES string of the molecule is CNC[C@@H]1C[C@@H]1C1CCN(c2ccc(C(=O)N(C)C)c(Cl)n2)CC1. The minimum absolute atomic E-state index is 0.109. The van der Waals surface area contributed by atoms with E-state index in [2.05, 4.69) is 15.2 Å². The Hall–Kier alpha value is -1.33. The van der Waals surface area contributed by atoms with Crippen LogP contribution in [0.25, 0.3) is 0 Å². The molecular formula is C18H27ClN4O. The van der Waals surface area contributed by atoms with Crippen LogP contribution in [0.2, 0.25) is 5.15 Å². The molecule has 1 aliphatic heterocycles. The summed E-state index contributed by atoms with van der Waals surface area (Å²) in [5.74, 6) is 3.43. The molecule has 132 valence electrons. The molecule has 0 radical (unpaired) electrons. The van der Waals surface area contributed by atoms with E-state index in [1.165, 1.54) is 24.2 Å². The van der Waals surface area contributed by atoms with Crippen LogP contribution in [0.15, 0.2) is 12.1 Å². The first-order valence-electron chi connectivity index (χ1n) is 8.79. The summed E-state index contributed by atoms with van der Waals surface area (Å²) in [6.45, 7) is 3.21. The highest BCUT2D eigenvalue weighted by molar-refractivity contribution is 6.32. The molecule has 2 heterocycles. The molecule has 2 fully saturated rings. The van der Waals surface area contributed by atoms with Crippen molar-refractivity contribution in [2.45, 2.75) is 19.3 Å². The molecule has 1 N–H and O–H groups in total. The summed E-state index contributed by atoms with van der Waals surface area (Å²) in [7, 11) is 5.48. The van der Waals surface area contributed by atoms with Crippen LogP contribution in [0, 0.1) is 17.8 Å². The van der Waals surface area contributed by atoms with Gasteiger partial charge in [-0.3, -0.25) is 4.79 Å². The Morgan fingerprint density at radius 3 is 2.67 bits per heavy atom. The average molecular weight is 351 g/mol. The van der Waals surface area contributed by atoms with E-state index in [-0.39, 0.29) is 5.91 Å². The summed E-state index contributed by atoms with van der Waals surface area (Å²) in [6.07, 6.45) is 3.84. The summed E-state index contributed by atoms with van der Waals surface area (Å²) in [5, 5.41) is 3.59. The maximum absolute atomic E-state index is 12.0. The van der Waals surface area contributed by atoms with Gasteiger partial charge in [0.1, 0.15) is 11.0 Å². The molecule has 1 aliphatic carbocycles. The van der Waals surface area contributed by atoms with Gasteiger partial charge in [0, 0.05) is 27.2 Å². The van der Waals surface area contributed by atoms with Crippen molar-refractivity contribution in [1.29, 1.82) is 0 Å². The van der Waals surface area contributed by atoms with Crippen LogP contribution in [0.3, 0.4) is 0 Å². The van der Waals surface area contributed by atoms with Gasteiger partial charge < -0.3 is 15.1 Å². The summed E-state index contributed by atoms with van der Waals surface area (Å²) in [5.41, 5.74) is 0.466. The minimum atomic E-state index is -0.109. The molecule has 1 amide bonds. The van der Waals surface area contributed by atoms with E-state index in [0.29, 0.717) is 10.7 Å². The zero-order valence-corrected chi connectivity index (χ0v) is 15.5. The molecule has 0 aromatic carbocycles. The number of pyridine rings is 1. The van der Waals surface area contributed by atoms with Crippen molar-refractivity contribution in [3.63, 3.8) is 0 Å². The van der Waals surface area contributed by atoms with Gasteiger partial charge in [-0.1, -0.05) is 11.6 Å². The van der Waals surface area contributed by atoms with Crippen LogP contribution >= 0.6 is 11.6 Å².